The Morgan fingerprint density at radius 2 is 2.05 bits per heavy atom. The lowest BCUT2D eigenvalue weighted by Crippen LogP contribution is -2.38. The maximum absolute atomic E-state index is 4.63. The van der Waals surface area contributed by atoms with Gasteiger partial charge in [-0.25, -0.2) is 4.98 Å². The molecule has 1 fully saturated rings. The molecule has 0 spiro atoms. The number of likely N-dealkylation sites (tertiary alicyclic amines) is 1. The number of thiazole rings is 1. The van der Waals surface area contributed by atoms with Gasteiger partial charge in [-0.1, -0.05) is 29.9 Å². The van der Waals surface area contributed by atoms with E-state index in [-0.39, 0.29) is 0 Å². The molecular weight excluding hydrogens is 254 g/mol. The summed E-state index contributed by atoms with van der Waals surface area (Å²) in [5.41, 5.74) is 1.10. The lowest BCUT2D eigenvalue weighted by molar-refractivity contribution is 0.223. The van der Waals surface area contributed by atoms with E-state index in [4.69, 9.17) is 0 Å². The van der Waals surface area contributed by atoms with Crippen LogP contribution in [0, 0.1) is 0 Å². The Morgan fingerprint density at radius 3 is 2.84 bits per heavy atom. The average Bonchev–Trinajstić information content (AvgIpc) is 2.81. The van der Waals surface area contributed by atoms with Crippen molar-refractivity contribution in [2.45, 2.75) is 32.2 Å². The maximum atomic E-state index is 4.63. The zero-order chi connectivity index (χ0) is 13.1. The number of hydrogen-bond donors (Lipinski definition) is 1. The van der Waals surface area contributed by atoms with Crippen molar-refractivity contribution >= 4 is 26.7 Å². The predicted octanol–water partition coefficient (Wildman–Crippen LogP) is 3.58. The first-order valence-electron chi connectivity index (χ1n) is 7.16. The molecule has 1 saturated heterocycles. The highest BCUT2D eigenvalue weighted by Gasteiger charge is 2.14. The van der Waals surface area contributed by atoms with E-state index < -0.39 is 0 Å². The summed E-state index contributed by atoms with van der Waals surface area (Å²) < 4.78 is 1.26. The van der Waals surface area contributed by atoms with Crippen LogP contribution in [0.15, 0.2) is 24.3 Å². The number of para-hydroxylation sites is 1. The monoisotopic (exact) mass is 275 g/mol. The van der Waals surface area contributed by atoms with Crippen LogP contribution in [-0.2, 0) is 0 Å². The smallest absolute Gasteiger partial charge is 0.184 e. The molecule has 1 unspecified atom stereocenters. The van der Waals surface area contributed by atoms with Crippen LogP contribution in [0.4, 0.5) is 5.13 Å². The number of aromatic nitrogens is 1. The van der Waals surface area contributed by atoms with Gasteiger partial charge in [0.25, 0.3) is 0 Å². The predicted molar refractivity (Wildman–Crippen MR) is 83.0 cm³/mol. The fourth-order valence-electron chi connectivity index (χ4n) is 2.72. The number of benzene rings is 1. The van der Waals surface area contributed by atoms with Gasteiger partial charge in [0.05, 0.1) is 10.2 Å². The summed E-state index contributed by atoms with van der Waals surface area (Å²) in [4.78, 5) is 7.20. The van der Waals surface area contributed by atoms with Gasteiger partial charge >= 0.3 is 0 Å². The second-order valence-electron chi connectivity index (χ2n) is 5.39. The molecule has 19 heavy (non-hydrogen) atoms. The summed E-state index contributed by atoms with van der Waals surface area (Å²) in [7, 11) is 0. The van der Waals surface area contributed by atoms with Crippen LogP contribution < -0.4 is 5.32 Å². The van der Waals surface area contributed by atoms with Crippen LogP contribution in [0.5, 0.6) is 0 Å². The highest BCUT2D eigenvalue weighted by Crippen LogP contribution is 2.25. The third kappa shape index (κ3) is 3.25. The number of rotatable bonds is 4. The molecule has 1 aliphatic rings. The van der Waals surface area contributed by atoms with E-state index in [1.54, 1.807) is 11.3 Å². The molecule has 0 bridgehead atoms. The normalized spacial score (nSPS) is 18.6. The molecule has 1 aromatic heterocycles. The summed E-state index contributed by atoms with van der Waals surface area (Å²) in [6.45, 7) is 5.88. The van der Waals surface area contributed by atoms with Crippen LogP contribution >= 0.6 is 11.3 Å². The van der Waals surface area contributed by atoms with Gasteiger partial charge < -0.3 is 10.2 Å². The van der Waals surface area contributed by atoms with Gasteiger partial charge in [0, 0.05) is 12.6 Å². The Kier molecular flexibility index (Phi) is 3.99. The van der Waals surface area contributed by atoms with E-state index in [0.717, 1.165) is 17.2 Å². The summed E-state index contributed by atoms with van der Waals surface area (Å²) in [6, 6.07) is 8.78. The lowest BCUT2D eigenvalue weighted by atomic mass is 10.1. The van der Waals surface area contributed by atoms with Gasteiger partial charge in [-0.15, -0.1) is 0 Å². The fourth-order valence-corrected chi connectivity index (χ4v) is 3.70. The van der Waals surface area contributed by atoms with Crippen molar-refractivity contribution in [3.05, 3.63) is 24.3 Å². The fraction of sp³-hybridized carbons (Fsp3) is 0.533. The van der Waals surface area contributed by atoms with Crippen molar-refractivity contribution in [2.75, 3.05) is 25.0 Å². The van der Waals surface area contributed by atoms with Crippen molar-refractivity contribution < 1.29 is 0 Å². The van der Waals surface area contributed by atoms with Crippen molar-refractivity contribution in [1.82, 2.24) is 9.88 Å². The Balaban J connectivity index is 1.60. The lowest BCUT2D eigenvalue weighted by Gasteiger charge is -2.29. The standard InChI is InChI=1S/C15H21N3S/c1-12(11-18-9-5-2-6-10-18)16-15-17-13-7-3-4-8-14(13)19-15/h3-4,7-8,12H,2,5-6,9-11H2,1H3,(H,16,17). The number of piperidine rings is 1. The minimum absolute atomic E-state index is 0.457. The van der Waals surface area contributed by atoms with Crippen LogP contribution in [0.2, 0.25) is 0 Å². The molecule has 0 aliphatic carbocycles. The van der Waals surface area contributed by atoms with Gasteiger partial charge in [-0.05, 0) is 45.0 Å². The number of hydrogen-bond acceptors (Lipinski definition) is 4. The molecule has 1 N–H and O–H groups in total. The molecule has 1 atom stereocenters. The highest BCUT2D eigenvalue weighted by molar-refractivity contribution is 7.22. The van der Waals surface area contributed by atoms with Crippen molar-refractivity contribution in [2.24, 2.45) is 0 Å². The van der Waals surface area contributed by atoms with Gasteiger partial charge in [-0.2, -0.15) is 0 Å². The van der Waals surface area contributed by atoms with Crippen LogP contribution in [0.25, 0.3) is 10.2 Å². The minimum Gasteiger partial charge on any atom is -0.358 e. The van der Waals surface area contributed by atoms with Crippen LogP contribution in [0.1, 0.15) is 26.2 Å². The number of nitrogens with one attached hydrogen (secondary N) is 1. The quantitative estimate of drug-likeness (QED) is 0.924. The first kappa shape index (κ1) is 12.9. The SMILES string of the molecule is CC(CN1CCCCC1)Nc1nc2ccccc2s1. The van der Waals surface area contributed by atoms with E-state index in [2.05, 4.69) is 40.3 Å². The molecule has 4 heteroatoms. The van der Waals surface area contributed by atoms with Gasteiger partial charge in [0.15, 0.2) is 5.13 Å². The Morgan fingerprint density at radius 1 is 1.26 bits per heavy atom. The summed E-state index contributed by atoms with van der Waals surface area (Å²) in [5, 5.41) is 4.59. The average molecular weight is 275 g/mol. The molecular formula is C15H21N3S. The second-order valence-corrected chi connectivity index (χ2v) is 6.42. The van der Waals surface area contributed by atoms with E-state index in [1.807, 2.05) is 6.07 Å². The van der Waals surface area contributed by atoms with E-state index in [9.17, 15) is 0 Å². The Labute approximate surface area is 118 Å². The maximum Gasteiger partial charge on any atom is 0.184 e. The van der Waals surface area contributed by atoms with E-state index >= 15 is 0 Å². The molecule has 0 saturated carbocycles. The van der Waals surface area contributed by atoms with Crippen LogP contribution in [-0.4, -0.2) is 35.6 Å². The zero-order valence-electron chi connectivity index (χ0n) is 11.4. The minimum atomic E-state index is 0.457. The molecule has 0 amide bonds. The van der Waals surface area contributed by atoms with Gasteiger partial charge in [-0.3, -0.25) is 0 Å². The molecule has 102 valence electrons. The molecule has 0 radical (unpaired) electrons. The molecule has 1 aromatic carbocycles. The number of anilines is 1. The van der Waals surface area contributed by atoms with Gasteiger partial charge in [0.2, 0.25) is 0 Å². The van der Waals surface area contributed by atoms with Gasteiger partial charge in [0.1, 0.15) is 0 Å². The van der Waals surface area contributed by atoms with E-state index in [0.29, 0.717) is 6.04 Å². The third-order valence-corrected chi connectivity index (χ3v) is 4.61. The van der Waals surface area contributed by atoms with Crippen molar-refractivity contribution in [3.8, 4) is 0 Å². The topological polar surface area (TPSA) is 28.2 Å². The molecule has 3 nitrogen and oxygen atoms in total. The molecule has 3 rings (SSSR count). The summed E-state index contributed by atoms with van der Waals surface area (Å²) >= 11 is 1.75. The highest BCUT2D eigenvalue weighted by atomic mass is 32.1. The summed E-state index contributed by atoms with van der Waals surface area (Å²) in [5.74, 6) is 0. The zero-order valence-corrected chi connectivity index (χ0v) is 12.2. The first-order valence-corrected chi connectivity index (χ1v) is 7.97. The second kappa shape index (κ2) is 5.88. The Bertz CT molecular complexity index is 498. The molecule has 2 heterocycles. The van der Waals surface area contributed by atoms with E-state index in [1.165, 1.54) is 37.1 Å². The molecule has 1 aliphatic heterocycles. The number of nitrogens with zero attached hydrogens (tertiary/aromatic N) is 2. The number of fused-ring (bicyclic) bond motifs is 1. The summed E-state index contributed by atoms with van der Waals surface area (Å²) in [6.07, 6.45) is 4.11. The van der Waals surface area contributed by atoms with Crippen molar-refractivity contribution in [1.29, 1.82) is 0 Å². The third-order valence-electron chi connectivity index (χ3n) is 3.64. The molecule has 2 aromatic rings. The van der Waals surface area contributed by atoms with Crippen molar-refractivity contribution in [3.63, 3.8) is 0 Å². The first-order chi connectivity index (χ1) is 9.31. The van der Waals surface area contributed by atoms with Crippen LogP contribution in [0.3, 0.4) is 0 Å². The Hall–Kier alpha value is -1.13. The largest absolute Gasteiger partial charge is 0.358 e.